The third-order valence-corrected chi connectivity index (χ3v) is 5.40. The van der Waals surface area contributed by atoms with Gasteiger partial charge < -0.3 is 10.2 Å². The summed E-state index contributed by atoms with van der Waals surface area (Å²) in [7, 11) is 0. The summed E-state index contributed by atoms with van der Waals surface area (Å²) in [6.07, 6.45) is 2.80. The third kappa shape index (κ3) is 5.43. The summed E-state index contributed by atoms with van der Waals surface area (Å²) in [5.41, 5.74) is 3.53. The minimum atomic E-state index is 0.00666. The topological polar surface area (TPSA) is 49.4 Å². The lowest BCUT2D eigenvalue weighted by atomic mass is 9.95. The number of likely N-dealkylation sites (tertiary alicyclic amines) is 1. The van der Waals surface area contributed by atoms with E-state index < -0.39 is 0 Å². The Morgan fingerprint density at radius 3 is 2.37 bits per heavy atom. The van der Waals surface area contributed by atoms with Crippen LogP contribution in [0.25, 0.3) is 0 Å². The molecule has 2 amide bonds. The lowest BCUT2D eigenvalue weighted by molar-refractivity contribution is -0.135. The molecule has 0 unspecified atom stereocenters. The number of nitrogens with zero attached hydrogens (tertiary/aromatic N) is 1. The van der Waals surface area contributed by atoms with Crippen molar-refractivity contribution in [3.63, 3.8) is 0 Å². The predicted octanol–water partition coefficient (Wildman–Crippen LogP) is 3.48. The van der Waals surface area contributed by atoms with Crippen LogP contribution in [0.4, 0.5) is 0 Å². The van der Waals surface area contributed by atoms with Gasteiger partial charge in [-0.15, -0.1) is 0 Å². The maximum atomic E-state index is 12.5. The molecule has 1 aliphatic rings. The first-order valence-corrected chi connectivity index (χ1v) is 9.77. The van der Waals surface area contributed by atoms with E-state index in [0.717, 1.165) is 24.8 Å². The van der Waals surface area contributed by atoms with Crippen LogP contribution in [0.5, 0.6) is 0 Å². The number of hydrogen-bond donors (Lipinski definition) is 1. The highest BCUT2D eigenvalue weighted by molar-refractivity contribution is 5.80. The molecule has 1 aliphatic heterocycles. The fraction of sp³-hybridized carbons (Fsp3) is 0.391. The molecule has 0 spiro atoms. The number of rotatable bonds is 6. The van der Waals surface area contributed by atoms with Gasteiger partial charge >= 0.3 is 0 Å². The van der Waals surface area contributed by atoms with Crippen molar-refractivity contribution in [1.82, 2.24) is 10.2 Å². The molecule has 0 aliphatic carbocycles. The summed E-state index contributed by atoms with van der Waals surface area (Å²) in [5, 5.41) is 3.06. The van der Waals surface area contributed by atoms with E-state index in [2.05, 4.69) is 30.4 Å². The zero-order valence-electron chi connectivity index (χ0n) is 16.0. The molecule has 0 radical (unpaired) electrons. The van der Waals surface area contributed by atoms with Gasteiger partial charge in [0.25, 0.3) is 0 Å². The number of carbonyl (C=O) groups is 2. The largest absolute Gasteiger partial charge is 0.352 e. The lowest BCUT2D eigenvalue weighted by Gasteiger charge is -2.31. The number of carbonyl (C=O) groups excluding carboxylic acids is 2. The quantitative estimate of drug-likeness (QED) is 0.853. The highest BCUT2D eigenvalue weighted by Gasteiger charge is 2.27. The Labute approximate surface area is 161 Å². The van der Waals surface area contributed by atoms with Crippen molar-refractivity contribution in [3.05, 3.63) is 71.3 Å². The lowest BCUT2D eigenvalue weighted by Crippen LogP contribution is -2.43. The number of benzene rings is 2. The Kier molecular flexibility index (Phi) is 6.64. The van der Waals surface area contributed by atoms with Gasteiger partial charge in [-0.25, -0.2) is 0 Å². The minimum Gasteiger partial charge on any atom is -0.352 e. The van der Waals surface area contributed by atoms with Gasteiger partial charge in [0.1, 0.15) is 0 Å². The molecule has 1 heterocycles. The average Bonchev–Trinajstić information content (AvgIpc) is 2.72. The Balaban J connectivity index is 1.40. The molecule has 0 atom stereocenters. The molecule has 1 N–H and O–H groups in total. The Bertz CT molecular complexity index is 765. The summed E-state index contributed by atoms with van der Waals surface area (Å²) in [4.78, 5) is 26.8. The van der Waals surface area contributed by atoms with Crippen LogP contribution in [-0.4, -0.2) is 29.8 Å². The number of aryl methyl sites for hydroxylation is 2. The van der Waals surface area contributed by atoms with E-state index in [1.54, 1.807) is 0 Å². The van der Waals surface area contributed by atoms with Gasteiger partial charge in [-0.3, -0.25) is 9.59 Å². The Morgan fingerprint density at radius 2 is 1.67 bits per heavy atom. The monoisotopic (exact) mass is 364 g/mol. The first kappa shape index (κ1) is 19.2. The van der Waals surface area contributed by atoms with Crippen molar-refractivity contribution in [1.29, 1.82) is 0 Å². The maximum absolute atomic E-state index is 12.5. The normalized spacial score (nSPS) is 14.8. The van der Waals surface area contributed by atoms with Gasteiger partial charge in [0.05, 0.1) is 0 Å². The van der Waals surface area contributed by atoms with E-state index in [4.69, 9.17) is 0 Å². The minimum absolute atomic E-state index is 0.00666. The third-order valence-electron chi connectivity index (χ3n) is 5.40. The molecule has 0 saturated carbocycles. The summed E-state index contributed by atoms with van der Waals surface area (Å²) in [6.45, 7) is 3.98. The van der Waals surface area contributed by atoms with Gasteiger partial charge in [0, 0.05) is 32.0 Å². The summed E-state index contributed by atoms with van der Waals surface area (Å²) in [6, 6.07) is 18.2. The number of amides is 2. The van der Waals surface area contributed by atoms with Crippen molar-refractivity contribution >= 4 is 11.8 Å². The van der Waals surface area contributed by atoms with Crippen molar-refractivity contribution in [2.75, 3.05) is 13.1 Å². The van der Waals surface area contributed by atoms with Crippen LogP contribution in [0.15, 0.2) is 54.6 Å². The van der Waals surface area contributed by atoms with Gasteiger partial charge in [-0.05, 0) is 42.9 Å². The van der Waals surface area contributed by atoms with E-state index in [0.29, 0.717) is 26.1 Å². The second-order valence-electron chi connectivity index (χ2n) is 7.28. The SMILES string of the molecule is Cc1ccccc1CNC(=O)C1CCN(C(=O)CCc2ccccc2)CC1. The van der Waals surface area contributed by atoms with Crippen molar-refractivity contribution in [3.8, 4) is 0 Å². The first-order valence-electron chi connectivity index (χ1n) is 9.77. The highest BCUT2D eigenvalue weighted by Crippen LogP contribution is 2.19. The average molecular weight is 364 g/mol. The molecule has 4 nitrogen and oxygen atoms in total. The number of piperidine rings is 1. The standard InChI is InChI=1S/C23H28N2O2/c1-18-7-5-6-10-21(18)17-24-23(27)20-13-15-25(16-14-20)22(26)12-11-19-8-3-2-4-9-19/h2-10,20H,11-17H2,1H3,(H,24,27). The van der Waals surface area contributed by atoms with Crippen LogP contribution >= 0.6 is 0 Å². The predicted molar refractivity (Wildman–Crippen MR) is 107 cm³/mol. The summed E-state index contributed by atoms with van der Waals surface area (Å²) in [5.74, 6) is 0.305. The molecule has 1 fully saturated rings. The van der Waals surface area contributed by atoms with E-state index >= 15 is 0 Å². The van der Waals surface area contributed by atoms with Crippen molar-refractivity contribution < 1.29 is 9.59 Å². The van der Waals surface area contributed by atoms with E-state index in [1.165, 1.54) is 11.1 Å². The molecule has 2 aromatic rings. The zero-order valence-corrected chi connectivity index (χ0v) is 16.0. The smallest absolute Gasteiger partial charge is 0.223 e. The van der Waals surface area contributed by atoms with E-state index in [-0.39, 0.29) is 17.7 Å². The fourth-order valence-corrected chi connectivity index (χ4v) is 3.58. The molecular formula is C23H28N2O2. The maximum Gasteiger partial charge on any atom is 0.223 e. The second kappa shape index (κ2) is 9.36. The molecule has 0 aromatic heterocycles. The second-order valence-corrected chi connectivity index (χ2v) is 7.28. The molecule has 27 heavy (non-hydrogen) atoms. The van der Waals surface area contributed by atoms with Gasteiger partial charge in [0.2, 0.25) is 11.8 Å². The van der Waals surface area contributed by atoms with Gasteiger partial charge in [0.15, 0.2) is 0 Å². The van der Waals surface area contributed by atoms with Crippen LogP contribution in [-0.2, 0) is 22.6 Å². The molecule has 0 bridgehead atoms. The van der Waals surface area contributed by atoms with E-state index in [1.807, 2.05) is 41.3 Å². The number of nitrogens with one attached hydrogen (secondary N) is 1. The van der Waals surface area contributed by atoms with Crippen LogP contribution in [0, 0.1) is 12.8 Å². The van der Waals surface area contributed by atoms with E-state index in [9.17, 15) is 9.59 Å². The Hall–Kier alpha value is -2.62. The fourth-order valence-electron chi connectivity index (χ4n) is 3.58. The molecule has 2 aromatic carbocycles. The highest BCUT2D eigenvalue weighted by atomic mass is 16.2. The van der Waals surface area contributed by atoms with Crippen LogP contribution in [0.3, 0.4) is 0 Å². The first-order chi connectivity index (χ1) is 13.1. The molecule has 142 valence electrons. The van der Waals surface area contributed by atoms with Crippen molar-refractivity contribution in [2.45, 2.75) is 39.2 Å². The van der Waals surface area contributed by atoms with Gasteiger partial charge in [-0.2, -0.15) is 0 Å². The van der Waals surface area contributed by atoms with Crippen molar-refractivity contribution in [2.24, 2.45) is 5.92 Å². The Morgan fingerprint density at radius 1 is 1.00 bits per heavy atom. The molecular weight excluding hydrogens is 336 g/mol. The van der Waals surface area contributed by atoms with Crippen LogP contribution in [0.2, 0.25) is 0 Å². The summed E-state index contributed by atoms with van der Waals surface area (Å²) < 4.78 is 0. The van der Waals surface area contributed by atoms with Gasteiger partial charge in [-0.1, -0.05) is 54.6 Å². The van der Waals surface area contributed by atoms with Crippen LogP contribution < -0.4 is 5.32 Å². The zero-order chi connectivity index (χ0) is 19.1. The molecule has 3 rings (SSSR count). The number of hydrogen-bond acceptors (Lipinski definition) is 2. The summed E-state index contributed by atoms with van der Waals surface area (Å²) >= 11 is 0. The molecule has 4 heteroatoms. The van der Waals surface area contributed by atoms with Crippen LogP contribution in [0.1, 0.15) is 36.0 Å². The molecule has 1 saturated heterocycles.